The van der Waals surface area contributed by atoms with Gasteiger partial charge >= 0.3 is 0 Å². The lowest BCUT2D eigenvalue weighted by molar-refractivity contribution is -0.120. The van der Waals surface area contributed by atoms with Crippen molar-refractivity contribution in [3.05, 3.63) is 0 Å². The zero-order chi connectivity index (χ0) is 13.5. The Balaban J connectivity index is 2.54. The fourth-order valence-corrected chi connectivity index (χ4v) is 1.23. The Labute approximate surface area is 106 Å². The highest BCUT2D eigenvalue weighted by Crippen LogP contribution is 2.08. The maximum atomic E-state index is 11.2. The molecule has 0 fully saturated rings. The number of rotatable bonds is 6. The Morgan fingerprint density at radius 3 is 2.67 bits per heavy atom. The molecule has 8 heteroatoms. The van der Waals surface area contributed by atoms with Crippen molar-refractivity contribution in [2.75, 3.05) is 43.1 Å². The van der Waals surface area contributed by atoms with Crippen LogP contribution in [0.3, 0.4) is 0 Å². The second-order valence-corrected chi connectivity index (χ2v) is 3.84. The third-order valence-corrected chi connectivity index (χ3v) is 2.05. The molecule has 1 rings (SSSR count). The number of carbonyl (C=O) groups excluding carboxylic acids is 1. The molecule has 0 bridgehead atoms. The number of hydrogen-bond donors (Lipinski definition) is 3. The van der Waals surface area contributed by atoms with Crippen LogP contribution in [0.15, 0.2) is 0 Å². The van der Waals surface area contributed by atoms with E-state index in [-0.39, 0.29) is 11.9 Å². The molecule has 1 aromatic rings. The number of hydrogen-bond acceptors (Lipinski definition) is 7. The third-order valence-electron chi connectivity index (χ3n) is 2.05. The van der Waals surface area contributed by atoms with Crippen LogP contribution in [-0.4, -0.2) is 48.0 Å². The van der Waals surface area contributed by atoms with Crippen molar-refractivity contribution < 1.29 is 4.79 Å². The van der Waals surface area contributed by atoms with Gasteiger partial charge in [-0.25, -0.2) is 0 Å². The normalized spacial score (nSPS) is 9.94. The first-order valence-corrected chi connectivity index (χ1v) is 5.72. The zero-order valence-corrected chi connectivity index (χ0v) is 10.9. The van der Waals surface area contributed by atoms with Crippen molar-refractivity contribution in [1.29, 1.82) is 0 Å². The second kappa shape index (κ2) is 6.58. The highest BCUT2D eigenvalue weighted by atomic mass is 16.1. The number of nitrogens with one attached hydrogen (secondary N) is 2. The standard InChI is InChI=1S/C10H19N7O/c1-4-12-7(18)5-6-13-9-14-8(11)15-10(16-9)17(2)3/h4-6H2,1-3H3,(H,12,18)(H3,11,13,14,15,16). The van der Waals surface area contributed by atoms with E-state index in [4.69, 9.17) is 5.73 Å². The number of anilines is 3. The molecular weight excluding hydrogens is 234 g/mol. The maximum absolute atomic E-state index is 11.2. The van der Waals surface area contributed by atoms with Gasteiger partial charge in [0, 0.05) is 33.6 Å². The molecule has 100 valence electrons. The summed E-state index contributed by atoms with van der Waals surface area (Å²) in [6.07, 6.45) is 0.358. The number of nitrogen functional groups attached to an aromatic ring is 1. The fourth-order valence-electron chi connectivity index (χ4n) is 1.23. The van der Waals surface area contributed by atoms with Crippen LogP contribution in [0.4, 0.5) is 17.8 Å². The molecule has 0 radical (unpaired) electrons. The Morgan fingerprint density at radius 1 is 1.33 bits per heavy atom. The summed E-state index contributed by atoms with van der Waals surface area (Å²) in [7, 11) is 3.63. The van der Waals surface area contributed by atoms with E-state index in [2.05, 4.69) is 25.6 Å². The van der Waals surface area contributed by atoms with Crippen LogP contribution in [0.5, 0.6) is 0 Å². The van der Waals surface area contributed by atoms with Crippen molar-refractivity contribution in [2.45, 2.75) is 13.3 Å². The van der Waals surface area contributed by atoms with Gasteiger partial charge in [-0.3, -0.25) is 4.79 Å². The molecule has 18 heavy (non-hydrogen) atoms. The summed E-state index contributed by atoms with van der Waals surface area (Å²) in [5, 5.41) is 5.65. The van der Waals surface area contributed by atoms with Gasteiger partial charge in [0.15, 0.2) is 0 Å². The van der Waals surface area contributed by atoms with Crippen LogP contribution in [-0.2, 0) is 4.79 Å². The molecule has 0 atom stereocenters. The first-order valence-electron chi connectivity index (χ1n) is 5.72. The topological polar surface area (TPSA) is 109 Å². The summed E-state index contributed by atoms with van der Waals surface area (Å²) in [6, 6.07) is 0. The summed E-state index contributed by atoms with van der Waals surface area (Å²) in [5.41, 5.74) is 5.57. The zero-order valence-electron chi connectivity index (χ0n) is 10.9. The molecule has 0 aromatic carbocycles. The fraction of sp³-hybridized carbons (Fsp3) is 0.600. The van der Waals surface area contributed by atoms with Crippen molar-refractivity contribution in [3.8, 4) is 0 Å². The highest BCUT2D eigenvalue weighted by molar-refractivity contribution is 5.76. The molecule has 0 saturated carbocycles. The number of aromatic nitrogens is 3. The van der Waals surface area contributed by atoms with Crippen LogP contribution in [0.1, 0.15) is 13.3 Å². The first-order chi connectivity index (χ1) is 8.52. The molecule has 0 saturated heterocycles. The van der Waals surface area contributed by atoms with Crippen LogP contribution in [0.25, 0.3) is 0 Å². The van der Waals surface area contributed by atoms with Crippen LogP contribution in [0.2, 0.25) is 0 Å². The van der Waals surface area contributed by atoms with E-state index >= 15 is 0 Å². The van der Waals surface area contributed by atoms with Crippen LogP contribution < -0.4 is 21.3 Å². The highest BCUT2D eigenvalue weighted by Gasteiger charge is 2.06. The van der Waals surface area contributed by atoms with E-state index < -0.39 is 0 Å². The van der Waals surface area contributed by atoms with Gasteiger partial charge in [-0.2, -0.15) is 15.0 Å². The molecule has 8 nitrogen and oxygen atoms in total. The van der Waals surface area contributed by atoms with Gasteiger partial charge in [0.2, 0.25) is 23.8 Å². The Morgan fingerprint density at radius 2 is 2.06 bits per heavy atom. The van der Waals surface area contributed by atoms with Crippen molar-refractivity contribution in [2.24, 2.45) is 0 Å². The van der Waals surface area contributed by atoms with Gasteiger partial charge < -0.3 is 21.3 Å². The average molecular weight is 253 g/mol. The van der Waals surface area contributed by atoms with Crippen molar-refractivity contribution in [3.63, 3.8) is 0 Å². The predicted molar refractivity (Wildman–Crippen MR) is 70.4 cm³/mol. The summed E-state index contributed by atoms with van der Waals surface area (Å²) in [4.78, 5) is 25.0. The molecule has 1 amide bonds. The average Bonchev–Trinajstić information content (AvgIpc) is 2.28. The molecule has 1 heterocycles. The minimum Gasteiger partial charge on any atom is -0.368 e. The lowest BCUT2D eigenvalue weighted by Crippen LogP contribution is -2.25. The van der Waals surface area contributed by atoms with E-state index in [9.17, 15) is 4.79 Å². The Hall–Kier alpha value is -2.12. The maximum Gasteiger partial charge on any atom is 0.231 e. The largest absolute Gasteiger partial charge is 0.368 e. The summed E-state index contributed by atoms with van der Waals surface area (Å²) >= 11 is 0. The van der Waals surface area contributed by atoms with E-state index in [1.54, 1.807) is 4.90 Å². The minimum atomic E-state index is -0.0140. The van der Waals surface area contributed by atoms with E-state index in [1.165, 1.54) is 0 Å². The lowest BCUT2D eigenvalue weighted by Gasteiger charge is -2.12. The number of carbonyl (C=O) groups is 1. The van der Waals surface area contributed by atoms with Crippen molar-refractivity contribution >= 4 is 23.8 Å². The molecule has 0 unspecified atom stereocenters. The van der Waals surface area contributed by atoms with Crippen LogP contribution >= 0.6 is 0 Å². The van der Waals surface area contributed by atoms with Gasteiger partial charge in [0.05, 0.1) is 0 Å². The third kappa shape index (κ3) is 4.40. The number of amides is 1. The lowest BCUT2D eigenvalue weighted by atomic mass is 10.4. The molecule has 0 aliphatic rings. The van der Waals surface area contributed by atoms with Gasteiger partial charge in [0.25, 0.3) is 0 Å². The molecule has 4 N–H and O–H groups in total. The monoisotopic (exact) mass is 253 g/mol. The first kappa shape index (κ1) is 13.9. The van der Waals surface area contributed by atoms with E-state index in [1.807, 2.05) is 21.0 Å². The van der Waals surface area contributed by atoms with E-state index in [0.717, 1.165) is 0 Å². The summed E-state index contributed by atoms with van der Waals surface area (Å²) in [6.45, 7) is 2.95. The predicted octanol–water partition coefficient (Wildman–Crippen LogP) is -0.542. The van der Waals surface area contributed by atoms with Gasteiger partial charge in [-0.15, -0.1) is 0 Å². The van der Waals surface area contributed by atoms with E-state index in [0.29, 0.717) is 31.4 Å². The second-order valence-electron chi connectivity index (χ2n) is 3.84. The Bertz CT molecular complexity index is 407. The van der Waals surface area contributed by atoms with Crippen LogP contribution in [0, 0.1) is 0 Å². The number of nitrogens with zero attached hydrogens (tertiary/aromatic N) is 4. The van der Waals surface area contributed by atoms with Gasteiger partial charge in [0.1, 0.15) is 0 Å². The van der Waals surface area contributed by atoms with Crippen molar-refractivity contribution in [1.82, 2.24) is 20.3 Å². The summed E-state index contributed by atoms with van der Waals surface area (Å²) < 4.78 is 0. The molecule has 1 aromatic heterocycles. The SMILES string of the molecule is CCNC(=O)CCNc1nc(N)nc(N(C)C)n1. The molecular formula is C10H19N7O. The smallest absolute Gasteiger partial charge is 0.231 e. The summed E-state index contributed by atoms with van der Waals surface area (Å²) in [5.74, 6) is 0.979. The molecule has 0 aliphatic heterocycles. The number of nitrogens with two attached hydrogens (primary N) is 1. The quantitative estimate of drug-likeness (QED) is 0.624. The van der Waals surface area contributed by atoms with Gasteiger partial charge in [-0.1, -0.05) is 0 Å². The molecule has 0 aliphatic carbocycles. The minimum absolute atomic E-state index is 0.0140. The Kier molecular flexibility index (Phi) is 5.09. The van der Waals surface area contributed by atoms with Gasteiger partial charge in [-0.05, 0) is 6.92 Å². The molecule has 0 spiro atoms.